The molecule has 0 aliphatic rings. The fourth-order valence-corrected chi connectivity index (χ4v) is 3.19. The first-order valence-corrected chi connectivity index (χ1v) is 8.57. The summed E-state index contributed by atoms with van der Waals surface area (Å²) in [5, 5.41) is 11.9. The van der Waals surface area contributed by atoms with Crippen molar-refractivity contribution in [1.82, 2.24) is 29.6 Å². The third-order valence-corrected chi connectivity index (χ3v) is 4.32. The van der Waals surface area contributed by atoms with Crippen LogP contribution in [0.15, 0.2) is 64.2 Å². The highest BCUT2D eigenvalue weighted by Crippen LogP contribution is 2.17. The van der Waals surface area contributed by atoms with Crippen molar-refractivity contribution in [3.05, 3.63) is 76.7 Å². The minimum Gasteiger partial charge on any atom is -0.360 e. The minimum absolute atomic E-state index is 0.621. The molecule has 0 radical (unpaired) electrons. The van der Waals surface area contributed by atoms with Gasteiger partial charge in [0.05, 0.1) is 18.4 Å². The first-order chi connectivity index (χ1) is 12.3. The van der Waals surface area contributed by atoms with Crippen LogP contribution in [0.5, 0.6) is 0 Å². The van der Waals surface area contributed by atoms with Crippen molar-refractivity contribution in [3.8, 4) is 0 Å². The number of nitrogens with zero attached hydrogens (tertiary/aromatic N) is 6. The Labute approximate surface area is 152 Å². The number of hydrogen-bond acceptors (Lipinski definition) is 6. The molecule has 4 rings (SSSR count). The lowest BCUT2D eigenvalue weighted by atomic mass is 10.2. The maximum atomic E-state index is 5.28. The van der Waals surface area contributed by atoms with E-state index >= 15 is 0 Å². The van der Waals surface area contributed by atoms with Gasteiger partial charge >= 0.3 is 0 Å². The lowest BCUT2D eigenvalue weighted by molar-refractivity contribution is 0.213. The lowest BCUT2D eigenvalue weighted by Crippen LogP contribution is -2.23. The molecule has 4 aromatic rings. The van der Waals surface area contributed by atoms with Crippen LogP contribution in [0.25, 0.3) is 5.65 Å². The first-order valence-electron chi connectivity index (χ1n) is 7.77. The van der Waals surface area contributed by atoms with Crippen molar-refractivity contribution in [2.75, 3.05) is 0 Å². The molecule has 0 bridgehead atoms. The molecule has 25 heavy (non-hydrogen) atoms. The predicted molar refractivity (Wildman–Crippen MR) is 94.4 cm³/mol. The van der Waals surface area contributed by atoms with Crippen LogP contribution in [0.1, 0.15) is 17.0 Å². The smallest absolute Gasteiger partial charge is 0.183 e. The monoisotopic (exact) mass is 398 g/mol. The van der Waals surface area contributed by atoms with E-state index in [9.17, 15) is 0 Å². The van der Waals surface area contributed by atoms with Gasteiger partial charge in [-0.05, 0) is 17.7 Å². The summed E-state index contributed by atoms with van der Waals surface area (Å²) in [6, 6.07) is 10.1. The Hall–Kier alpha value is -2.58. The molecule has 0 N–H and O–H groups in total. The van der Waals surface area contributed by atoms with Gasteiger partial charge < -0.3 is 4.52 Å². The van der Waals surface area contributed by atoms with Gasteiger partial charge in [-0.3, -0.25) is 14.3 Å². The van der Waals surface area contributed by atoms with Gasteiger partial charge in [-0.15, -0.1) is 10.2 Å². The highest BCUT2D eigenvalue weighted by molar-refractivity contribution is 9.10. The molecule has 0 spiro atoms. The summed E-state index contributed by atoms with van der Waals surface area (Å²) >= 11 is 3.53. The number of benzene rings is 1. The van der Waals surface area contributed by atoms with Crippen molar-refractivity contribution in [2.45, 2.75) is 19.6 Å². The topological polar surface area (TPSA) is 72.4 Å². The van der Waals surface area contributed by atoms with Crippen LogP contribution in [0, 0.1) is 0 Å². The van der Waals surface area contributed by atoms with E-state index in [0.29, 0.717) is 13.1 Å². The minimum atomic E-state index is 0.621. The standard InChI is InChI=1S/C17H15BrN6O/c18-14-3-1-2-13(8-14)9-23(10-15-4-5-21-25-15)11-16-17-22-20-12-24(17)7-6-19-16/h1-8,12H,9-11H2. The second kappa shape index (κ2) is 7.12. The predicted octanol–water partition coefficient (Wildman–Crippen LogP) is 3.08. The Balaban J connectivity index is 1.61. The van der Waals surface area contributed by atoms with Gasteiger partial charge in [-0.25, -0.2) is 0 Å². The second-order valence-corrected chi connectivity index (χ2v) is 6.61. The molecule has 3 aromatic heterocycles. The van der Waals surface area contributed by atoms with E-state index in [1.165, 1.54) is 5.56 Å². The number of rotatable bonds is 6. The van der Waals surface area contributed by atoms with E-state index in [2.05, 4.69) is 53.3 Å². The van der Waals surface area contributed by atoms with Gasteiger partial charge in [-0.1, -0.05) is 33.2 Å². The normalized spacial score (nSPS) is 11.4. The summed E-state index contributed by atoms with van der Waals surface area (Å²) in [5.74, 6) is 0.809. The van der Waals surface area contributed by atoms with Crippen LogP contribution >= 0.6 is 15.9 Å². The molecule has 0 unspecified atom stereocenters. The molecule has 3 heterocycles. The molecule has 0 saturated carbocycles. The average molecular weight is 399 g/mol. The van der Waals surface area contributed by atoms with E-state index in [0.717, 1.165) is 28.1 Å². The molecule has 0 aliphatic heterocycles. The molecule has 126 valence electrons. The summed E-state index contributed by atoms with van der Waals surface area (Å²) in [6.07, 6.45) is 6.94. The third kappa shape index (κ3) is 3.75. The summed E-state index contributed by atoms with van der Waals surface area (Å²) in [7, 11) is 0. The SMILES string of the molecule is Brc1cccc(CN(Cc2ccno2)Cc2nccn3cnnc23)c1. The third-order valence-electron chi connectivity index (χ3n) is 3.83. The average Bonchev–Trinajstić information content (AvgIpc) is 3.26. The van der Waals surface area contributed by atoms with E-state index in [1.807, 2.05) is 28.8 Å². The number of halogens is 1. The van der Waals surface area contributed by atoms with Crippen LogP contribution in [0.2, 0.25) is 0 Å². The zero-order valence-electron chi connectivity index (χ0n) is 13.3. The lowest BCUT2D eigenvalue weighted by Gasteiger charge is -2.21. The van der Waals surface area contributed by atoms with E-state index in [-0.39, 0.29) is 0 Å². The Bertz CT molecular complexity index is 968. The fraction of sp³-hybridized carbons (Fsp3) is 0.176. The van der Waals surface area contributed by atoms with Gasteiger partial charge in [-0.2, -0.15) is 0 Å². The fourth-order valence-electron chi connectivity index (χ4n) is 2.74. The Morgan fingerprint density at radius 2 is 2.08 bits per heavy atom. The Kier molecular flexibility index (Phi) is 4.53. The largest absolute Gasteiger partial charge is 0.360 e. The number of fused-ring (bicyclic) bond motifs is 1. The molecule has 7 nitrogen and oxygen atoms in total. The van der Waals surface area contributed by atoms with Gasteiger partial charge in [0.25, 0.3) is 0 Å². The zero-order valence-corrected chi connectivity index (χ0v) is 14.9. The summed E-state index contributed by atoms with van der Waals surface area (Å²) in [4.78, 5) is 6.72. The van der Waals surface area contributed by atoms with Crippen molar-refractivity contribution in [1.29, 1.82) is 0 Å². The van der Waals surface area contributed by atoms with Crippen molar-refractivity contribution in [3.63, 3.8) is 0 Å². The van der Waals surface area contributed by atoms with E-state index in [1.54, 1.807) is 18.7 Å². The van der Waals surface area contributed by atoms with Crippen LogP contribution in [-0.2, 0) is 19.6 Å². The molecule has 0 amide bonds. The highest BCUT2D eigenvalue weighted by atomic mass is 79.9. The van der Waals surface area contributed by atoms with Gasteiger partial charge in [0.1, 0.15) is 6.33 Å². The first kappa shape index (κ1) is 15.9. The highest BCUT2D eigenvalue weighted by Gasteiger charge is 2.14. The summed E-state index contributed by atoms with van der Waals surface area (Å²) < 4.78 is 8.21. The van der Waals surface area contributed by atoms with E-state index in [4.69, 9.17) is 4.52 Å². The van der Waals surface area contributed by atoms with Crippen LogP contribution in [0.4, 0.5) is 0 Å². The van der Waals surface area contributed by atoms with Crippen molar-refractivity contribution >= 4 is 21.6 Å². The van der Waals surface area contributed by atoms with Crippen LogP contribution < -0.4 is 0 Å². The molecule has 1 aromatic carbocycles. The molecule has 0 aliphatic carbocycles. The molecule has 8 heteroatoms. The Morgan fingerprint density at radius 3 is 2.92 bits per heavy atom. The maximum Gasteiger partial charge on any atom is 0.183 e. The van der Waals surface area contributed by atoms with Crippen molar-refractivity contribution in [2.24, 2.45) is 0 Å². The number of aromatic nitrogens is 5. The summed E-state index contributed by atoms with van der Waals surface area (Å²) in [5.41, 5.74) is 2.83. The maximum absolute atomic E-state index is 5.28. The molecular formula is C17H15BrN6O. The van der Waals surface area contributed by atoms with Gasteiger partial charge in [0.15, 0.2) is 11.4 Å². The van der Waals surface area contributed by atoms with E-state index < -0.39 is 0 Å². The quantitative estimate of drug-likeness (QED) is 0.496. The zero-order chi connectivity index (χ0) is 17.1. The molecule has 0 atom stereocenters. The van der Waals surface area contributed by atoms with Gasteiger partial charge in [0.2, 0.25) is 0 Å². The second-order valence-electron chi connectivity index (χ2n) is 5.69. The Morgan fingerprint density at radius 1 is 1.12 bits per heavy atom. The molecule has 0 fully saturated rings. The summed E-state index contributed by atoms with van der Waals surface area (Å²) in [6.45, 7) is 2.00. The molecule has 0 saturated heterocycles. The van der Waals surface area contributed by atoms with Crippen LogP contribution in [-0.4, -0.2) is 29.6 Å². The number of hydrogen-bond donors (Lipinski definition) is 0. The molecular weight excluding hydrogens is 384 g/mol. The van der Waals surface area contributed by atoms with Crippen LogP contribution in [0.3, 0.4) is 0 Å². The van der Waals surface area contributed by atoms with Crippen molar-refractivity contribution < 1.29 is 4.52 Å². The van der Waals surface area contributed by atoms with Gasteiger partial charge in [0, 0.05) is 36.0 Å².